The van der Waals surface area contributed by atoms with E-state index in [-0.39, 0.29) is 11.4 Å². The monoisotopic (exact) mass is 277 g/mol. The molecule has 1 aromatic carbocycles. The number of anilines is 1. The van der Waals surface area contributed by atoms with Gasteiger partial charge in [-0.3, -0.25) is 4.79 Å². The second-order valence-corrected chi connectivity index (χ2v) is 6.02. The standard InChI is InChI=1S/C14H19N3OS/c1-4-14(3,5-2)17-12(18)9-6-7-10-11(8-9)19-13(15)16-10/h6-8H,4-5H2,1-3H3,(H2,15,16)(H,17,18). The highest BCUT2D eigenvalue weighted by molar-refractivity contribution is 7.22. The molecule has 0 radical (unpaired) electrons. The Hall–Kier alpha value is -1.62. The van der Waals surface area contributed by atoms with Gasteiger partial charge in [-0.25, -0.2) is 4.98 Å². The fourth-order valence-corrected chi connectivity index (χ4v) is 2.63. The van der Waals surface area contributed by atoms with Gasteiger partial charge in [-0.05, 0) is 38.0 Å². The molecular weight excluding hydrogens is 258 g/mol. The molecule has 0 atom stereocenters. The Balaban J connectivity index is 2.26. The lowest BCUT2D eigenvalue weighted by atomic mass is 9.95. The maximum absolute atomic E-state index is 12.3. The molecule has 2 rings (SSSR count). The Morgan fingerprint density at radius 3 is 2.74 bits per heavy atom. The lowest BCUT2D eigenvalue weighted by molar-refractivity contribution is 0.0901. The van der Waals surface area contributed by atoms with Crippen LogP contribution in [0.3, 0.4) is 0 Å². The van der Waals surface area contributed by atoms with E-state index in [9.17, 15) is 4.79 Å². The predicted molar refractivity (Wildman–Crippen MR) is 80.5 cm³/mol. The molecule has 0 aliphatic carbocycles. The number of carbonyl (C=O) groups is 1. The molecule has 5 heteroatoms. The number of carbonyl (C=O) groups excluding carboxylic acids is 1. The number of hydrogen-bond acceptors (Lipinski definition) is 4. The molecule has 0 unspecified atom stereocenters. The zero-order valence-corrected chi connectivity index (χ0v) is 12.3. The fraction of sp³-hybridized carbons (Fsp3) is 0.429. The first kappa shape index (κ1) is 13.8. The number of nitrogens with two attached hydrogens (primary N) is 1. The number of amides is 1. The molecule has 0 bridgehead atoms. The van der Waals surface area contributed by atoms with E-state index in [1.54, 1.807) is 6.07 Å². The molecule has 0 saturated heterocycles. The van der Waals surface area contributed by atoms with Crippen LogP contribution in [0.5, 0.6) is 0 Å². The minimum absolute atomic E-state index is 0.0416. The number of rotatable bonds is 4. The summed E-state index contributed by atoms with van der Waals surface area (Å²) in [6, 6.07) is 5.49. The van der Waals surface area contributed by atoms with E-state index in [4.69, 9.17) is 5.73 Å². The van der Waals surface area contributed by atoms with E-state index in [2.05, 4.69) is 31.1 Å². The quantitative estimate of drug-likeness (QED) is 0.901. The highest BCUT2D eigenvalue weighted by atomic mass is 32.1. The van der Waals surface area contributed by atoms with Crippen LogP contribution in [0.2, 0.25) is 0 Å². The molecule has 102 valence electrons. The molecule has 19 heavy (non-hydrogen) atoms. The van der Waals surface area contributed by atoms with Crippen LogP contribution in [0.25, 0.3) is 10.2 Å². The molecule has 0 fully saturated rings. The van der Waals surface area contributed by atoms with Crippen molar-refractivity contribution in [3.8, 4) is 0 Å². The van der Waals surface area contributed by atoms with Crippen LogP contribution in [-0.2, 0) is 0 Å². The fourth-order valence-electron chi connectivity index (χ4n) is 1.86. The zero-order chi connectivity index (χ0) is 14.0. The summed E-state index contributed by atoms with van der Waals surface area (Å²) in [4.78, 5) is 16.5. The molecule has 1 amide bonds. The molecule has 3 N–H and O–H groups in total. The van der Waals surface area contributed by atoms with Crippen molar-refractivity contribution in [3.63, 3.8) is 0 Å². The number of nitrogens with zero attached hydrogens (tertiary/aromatic N) is 1. The van der Waals surface area contributed by atoms with Gasteiger partial charge < -0.3 is 11.1 Å². The highest BCUT2D eigenvalue weighted by Crippen LogP contribution is 2.25. The molecule has 4 nitrogen and oxygen atoms in total. The lowest BCUT2D eigenvalue weighted by Crippen LogP contribution is -2.44. The third-order valence-electron chi connectivity index (χ3n) is 3.64. The Morgan fingerprint density at radius 2 is 2.11 bits per heavy atom. The maximum atomic E-state index is 12.3. The molecule has 0 spiro atoms. The SMILES string of the molecule is CCC(C)(CC)NC(=O)c1ccc2nc(N)sc2c1. The molecule has 0 aliphatic rings. The van der Waals surface area contributed by atoms with Crippen LogP contribution < -0.4 is 11.1 Å². The van der Waals surface area contributed by atoms with Crippen LogP contribution >= 0.6 is 11.3 Å². The van der Waals surface area contributed by atoms with Crippen molar-refractivity contribution in [3.05, 3.63) is 23.8 Å². The van der Waals surface area contributed by atoms with E-state index >= 15 is 0 Å². The summed E-state index contributed by atoms with van der Waals surface area (Å²) in [5, 5.41) is 3.62. The van der Waals surface area contributed by atoms with E-state index in [0.717, 1.165) is 23.1 Å². The Labute approximate surface area is 117 Å². The van der Waals surface area contributed by atoms with Crippen LogP contribution in [0.4, 0.5) is 5.13 Å². The summed E-state index contributed by atoms with van der Waals surface area (Å²) in [6.07, 6.45) is 1.82. The van der Waals surface area contributed by atoms with Crippen molar-refractivity contribution in [2.45, 2.75) is 39.2 Å². The van der Waals surface area contributed by atoms with Gasteiger partial charge in [0.05, 0.1) is 10.2 Å². The maximum Gasteiger partial charge on any atom is 0.251 e. The summed E-state index contributed by atoms with van der Waals surface area (Å²) < 4.78 is 0.944. The van der Waals surface area contributed by atoms with Gasteiger partial charge in [0.1, 0.15) is 0 Å². The Bertz CT molecular complexity index is 602. The molecule has 1 aromatic heterocycles. The summed E-state index contributed by atoms with van der Waals surface area (Å²) >= 11 is 1.40. The van der Waals surface area contributed by atoms with E-state index < -0.39 is 0 Å². The van der Waals surface area contributed by atoms with Crippen molar-refractivity contribution in [1.82, 2.24) is 10.3 Å². The highest BCUT2D eigenvalue weighted by Gasteiger charge is 2.22. The minimum atomic E-state index is -0.154. The van der Waals surface area contributed by atoms with Gasteiger partial charge >= 0.3 is 0 Å². The normalized spacial score (nSPS) is 11.7. The number of nitrogens with one attached hydrogen (secondary N) is 1. The Morgan fingerprint density at radius 1 is 1.42 bits per heavy atom. The van der Waals surface area contributed by atoms with E-state index in [0.29, 0.717) is 10.7 Å². The number of thiazole rings is 1. The van der Waals surface area contributed by atoms with Gasteiger partial charge in [-0.15, -0.1) is 0 Å². The topological polar surface area (TPSA) is 68.0 Å². The Kier molecular flexibility index (Phi) is 3.75. The summed E-state index contributed by atoms with van der Waals surface area (Å²) in [5.41, 5.74) is 7.01. The average Bonchev–Trinajstić information content (AvgIpc) is 2.77. The third kappa shape index (κ3) is 2.87. The summed E-state index contributed by atoms with van der Waals surface area (Å²) in [6.45, 7) is 6.22. The van der Waals surface area contributed by atoms with Crippen molar-refractivity contribution in [2.75, 3.05) is 5.73 Å². The van der Waals surface area contributed by atoms with Crippen molar-refractivity contribution < 1.29 is 4.79 Å². The number of nitrogen functional groups attached to an aromatic ring is 1. The van der Waals surface area contributed by atoms with Crippen molar-refractivity contribution >= 4 is 32.6 Å². The van der Waals surface area contributed by atoms with Gasteiger partial charge in [0.15, 0.2) is 5.13 Å². The van der Waals surface area contributed by atoms with Crippen LogP contribution in [0.1, 0.15) is 44.0 Å². The second-order valence-electron chi connectivity index (χ2n) is 4.96. The van der Waals surface area contributed by atoms with Gasteiger partial charge in [0.25, 0.3) is 5.91 Å². The first-order valence-corrected chi connectivity index (χ1v) is 7.27. The van der Waals surface area contributed by atoms with Crippen LogP contribution in [0.15, 0.2) is 18.2 Å². The van der Waals surface area contributed by atoms with E-state index in [1.807, 2.05) is 12.1 Å². The van der Waals surface area contributed by atoms with Crippen molar-refractivity contribution in [2.24, 2.45) is 0 Å². The zero-order valence-electron chi connectivity index (χ0n) is 11.5. The van der Waals surface area contributed by atoms with E-state index in [1.165, 1.54) is 11.3 Å². The summed E-state index contributed by atoms with van der Waals surface area (Å²) in [5.74, 6) is -0.0416. The lowest BCUT2D eigenvalue weighted by Gasteiger charge is -2.28. The average molecular weight is 277 g/mol. The molecule has 1 heterocycles. The van der Waals surface area contributed by atoms with Gasteiger partial charge in [-0.1, -0.05) is 25.2 Å². The van der Waals surface area contributed by atoms with Gasteiger partial charge in [0, 0.05) is 11.1 Å². The minimum Gasteiger partial charge on any atom is -0.375 e. The third-order valence-corrected chi connectivity index (χ3v) is 4.49. The van der Waals surface area contributed by atoms with Crippen LogP contribution in [-0.4, -0.2) is 16.4 Å². The molecule has 2 aromatic rings. The second kappa shape index (κ2) is 5.17. The molecular formula is C14H19N3OS. The number of aromatic nitrogens is 1. The molecule has 0 aliphatic heterocycles. The number of hydrogen-bond donors (Lipinski definition) is 2. The first-order chi connectivity index (χ1) is 8.97. The van der Waals surface area contributed by atoms with Crippen LogP contribution in [0, 0.1) is 0 Å². The molecule has 0 saturated carbocycles. The predicted octanol–water partition coefficient (Wildman–Crippen LogP) is 3.19. The smallest absolute Gasteiger partial charge is 0.251 e. The number of fused-ring (bicyclic) bond motifs is 1. The summed E-state index contributed by atoms with van der Waals surface area (Å²) in [7, 11) is 0. The van der Waals surface area contributed by atoms with Gasteiger partial charge in [-0.2, -0.15) is 0 Å². The van der Waals surface area contributed by atoms with Crippen molar-refractivity contribution in [1.29, 1.82) is 0 Å². The van der Waals surface area contributed by atoms with Gasteiger partial charge in [0.2, 0.25) is 0 Å². The number of benzene rings is 1. The first-order valence-electron chi connectivity index (χ1n) is 6.46. The largest absolute Gasteiger partial charge is 0.375 e.